The van der Waals surface area contributed by atoms with Crippen LogP contribution in [-0.4, -0.2) is 43.8 Å². The molecule has 0 aliphatic carbocycles. The molecule has 1 aromatic rings. The molecule has 0 unspecified atom stereocenters. The van der Waals surface area contributed by atoms with Gasteiger partial charge in [0.25, 0.3) is 0 Å². The van der Waals surface area contributed by atoms with Crippen molar-refractivity contribution in [1.29, 1.82) is 0 Å². The zero-order valence-electron chi connectivity index (χ0n) is 11.7. The van der Waals surface area contributed by atoms with Gasteiger partial charge in [-0.2, -0.15) is 0 Å². The maximum Gasteiger partial charge on any atom is 0.411 e. The first kappa shape index (κ1) is 13.2. The molecule has 0 spiro atoms. The third-order valence-electron chi connectivity index (χ3n) is 4.17. The summed E-state index contributed by atoms with van der Waals surface area (Å²) in [6.07, 6.45) is 1.92. The fraction of sp³-hybridized carbons (Fsp3) is 0.533. The third-order valence-corrected chi connectivity index (χ3v) is 4.17. The molecule has 108 valence electrons. The lowest BCUT2D eigenvalue weighted by atomic mass is 9.86. The summed E-state index contributed by atoms with van der Waals surface area (Å²) in [5.74, 6) is 1.24. The monoisotopic (exact) mass is 276 g/mol. The van der Waals surface area contributed by atoms with Crippen LogP contribution in [0.2, 0.25) is 0 Å². The van der Waals surface area contributed by atoms with Gasteiger partial charge in [-0.3, -0.25) is 10.2 Å². The number of nitrogens with one attached hydrogen (secondary N) is 1. The molecular formula is C15H20N2O3. The number of carbonyl (C=O) groups is 1. The Bertz CT molecular complexity index is 484. The second-order valence-corrected chi connectivity index (χ2v) is 5.44. The second-order valence-electron chi connectivity index (χ2n) is 5.44. The largest absolute Gasteiger partial charge is 0.497 e. The highest BCUT2D eigenvalue weighted by atomic mass is 16.6. The molecule has 3 aliphatic rings. The second kappa shape index (κ2) is 5.71. The predicted molar refractivity (Wildman–Crippen MR) is 76.0 cm³/mol. The van der Waals surface area contributed by atoms with E-state index in [1.165, 1.54) is 0 Å². The molecule has 0 saturated carbocycles. The smallest absolute Gasteiger partial charge is 0.411 e. The van der Waals surface area contributed by atoms with Gasteiger partial charge in [0, 0.05) is 18.3 Å². The van der Waals surface area contributed by atoms with Gasteiger partial charge in [-0.05, 0) is 44.0 Å². The Balaban J connectivity index is 1.57. The molecule has 4 rings (SSSR count). The number of carbonyl (C=O) groups excluding carboxylic acids is 1. The molecule has 1 N–H and O–H groups in total. The van der Waals surface area contributed by atoms with Crippen LogP contribution in [0.5, 0.6) is 5.75 Å². The predicted octanol–water partition coefficient (Wildman–Crippen LogP) is 2.34. The molecular weight excluding hydrogens is 256 g/mol. The SMILES string of the molecule is COc1cccc(NC(=O)O[C@H]2CN3CCC2CC3)c1. The Hall–Kier alpha value is -1.75. The van der Waals surface area contributed by atoms with Crippen LogP contribution < -0.4 is 10.1 Å². The number of hydrogen-bond acceptors (Lipinski definition) is 4. The lowest BCUT2D eigenvalue weighted by Gasteiger charge is -2.43. The van der Waals surface area contributed by atoms with E-state index in [2.05, 4.69) is 10.2 Å². The molecule has 0 aromatic heterocycles. The lowest BCUT2D eigenvalue weighted by Crippen LogP contribution is -2.52. The van der Waals surface area contributed by atoms with Crippen molar-refractivity contribution in [2.75, 3.05) is 32.1 Å². The van der Waals surface area contributed by atoms with Crippen molar-refractivity contribution >= 4 is 11.8 Å². The molecule has 1 aromatic carbocycles. The van der Waals surface area contributed by atoms with Crippen LogP contribution in [-0.2, 0) is 4.74 Å². The number of hydrogen-bond donors (Lipinski definition) is 1. The molecule has 3 fully saturated rings. The van der Waals surface area contributed by atoms with Crippen molar-refractivity contribution in [2.45, 2.75) is 18.9 Å². The molecule has 3 saturated heterocycles. The van der Waals surface area contributed by atoms with E-state index in [-0.39, 0.29) is 12.2 Å². The van der Waals surface area contributed by atoms with E-state index < -0.39 is 0 Å². The van der Waals surface area contributed by atoms with Gasteiger partial charge in [0.15, 0.2) is 0 Å². The van der Waals surface area contributed by atoms with Gasteiger partial charge in [-0.15, -0.1) is 0 Å². The molecule has 3 aliphatic heterocycles. The minimum absolute atomic E-state index is 0.0307. The van der Waals surface area contributed by atoms with E-state index in [9.17, 15) is 4.79 Å². The molecule has 5 heteroatoms. The van der Waals surface area contributed by atoms with E-state index in [0.29, 0.717) is 17.4 Å². The van der Waals surface area contributed by atoms with E-state index in [1.807, 2.05) is 18.2 Å². The van der Waals surface area contributed by atoms with Crippen LogP contribution in [0.4, 0.5) is 10.5 Å². The van der Waals surface area contributed by atoms with Crippen molar-refractivity contribution < 1.29 is 14.3 Å². The maximum absolute atomic E-state index is 12.0. The normalized spacial score (nSPS) is 27.9. The zero-order chi connectivity index (χ0) is 13.9. The van der Waals surface area contributed by atoms with Gasteiger partial charge >= 0.3 is 6.09 Å². The first-order valence-electron chi connectivity index (χ1n) is 7.08. The Kier molecular flexibility index (Phi) is 3.78. The Labute approximate surface area is 118 Å². The Morgan fingerprint density at radius 2 is 2.15 bits per heavy atom. The number of rotatable bonds is 3. The summed E-state index contributed by atoms with van der Waals surface area (Å²) >= 11 is 0. The van der Waals surface area contributed by atoms with E-state index in [4.69, 9.17) is 9.47 Å². The number of piperidine rings is 3. The highest BCUT2D eigenvalue weighted by Gasteiger charge is 2.36. The van der Waals surface area contributed by atoms with E-state index >= 15 is 0 Å². The van der Waals surface area contributed by atoms with Crippen molar-refractivity contribution in [2.24, 2.45) is 5.92 Å². The van der Waals surface area contributed by atoms with Crippen LogP contribution in [0.1, 0.15) is 12.8 Å². The molecule has 1 atom stereocenters. The fourth-order valence-corrected chi connectivity index (χ4v) is 3.03. The lowest BCUT2D eigenvalue weighted by molar-refractivity contribution is -0.0289. The molecule has 0 radical (unpaired) electrons. The van der Waals surface area contributed by atoms with Gasteiger partial charge in [0.05, 0.1) is 7.11 Å². The number of benzene rings is 1. The molecule has 2 bridgehead atoms. The van der Waals surface area contributed by atoms with Crippen molar-refractivity contribution in [3.05, 3.63) is 24.3 Å². The van der Waals surface area contributed by atoms with Gasteiger partial charge in [-0.1, -0.05) is 6.07 Å². The van der Waals surface area contributed by atoms with E-state index in [1.54, 1.807) is 13.2 Å². The minimum Gasteiger partial charge on any atom is -0.497 e. The minimum atomic E-state index is -0.378. The summed E-state index contributed by atoms with van der Waals surface area (Å²) < 4.78 is 10.7. The summed E-state index contributed by atoms with van der Waals surface area (Å²) in [6, 6.07) is 7.27. The van der Waals surface area contributed by atoms with Gasteiger partial charge in [-0.25, -0.2) is 4.79 Å². The molecule has 20 heavy (non-hydrogen) atoms. The fourth-order valence-electron chi connectivity index (χ4n) is 3.03. The van der Waals surface area contributed by atoms with Crippen molar-refractivity contribution in [3.63, 3.8) is 0 Å². The Morgan fingerprint density at radius 3 is 2.80 bits per heavy atom. The number of amides is 1. The summed E-state index contributed by atoms with van der Waals surface area (Å²) in [7, 11) is 1.60. The van der Waals surface area contributed by atoms with Gasteiger partial charge in [0.1, 0.15) is 11.9 Å². The average molecular weight is 276 g/mol. The highest BCUT2D eigenvalue weighted by Crippen LogP contribution is 2.29. The molecule has 1 amide bonds. The first-order chi connectivity index (χ1) is 9.74. The van der Waals surface area contributed by atoms with Crippen LogP contribution in [0.3, 0.4) is 0 Å². The topological polar surface area (TPSA) is 50.8 Å². The Morgan fingerprint density at radius 1 is 1.35 bits per heavy atom. The molecule has 5 nitrogen and oxygen atoms in total. The van der Waals surface area contributed by atoms with Gasteiger partial charge in [0.2, 0.25) is 0 Å². The van der Waals surface area contributed by atoms with E-state index in [0.717, 1.165) is 32.5 Å². The summed E-state index contributed by atoms with van der Waals surface area (Å²) in [6.45, 7) is 3.15. The standard InChI is InChI=1S/C15H20N2O3/c1-19-13-4-2-3-12(9-13)16-15(18)20-14-10-17-7-5-11(14)6-8-17/h2-4,9,11,14H,5-8,10H2,1H3,(H,16,18)/t14-/m0/s1. The first-order valence-corrected chi connectivity index (χ1v) is 7.08. The maximum atomic E-state index is 12.0. The molecule has 3 heterocycles. The van der Waals surface area contributed by atoms with Crippen molar-refractivity contribution in [1.82, 2.24) is 4.90 Å². The van der Waals surface area contributed by atoms with Gasteiger partial charge < -0.3 is 9.47 Å². The zero-order valence-corrected chi connectivity index (χ0v) is 11.7. The number of fused-ring (bicyclic) bond motifs is 3. The quantitative estimate of drug-likeness (QED) is 0.920. The number of methoxy groups -OCH3 is 1. The van der Waals surface area contributed by atoms with Crippen LogP contribution in [0.15, 0.2) is 24.3 Å². The number of nitrogens with zero attached hydrogens (tertiary/aromatic N) is 1. The van der Waals surface area contributed by atoms with Crippen molar-refractivity contribution in [3.8, 4) is 5.75 Å². The third kappa shape index (κ3) is 2.88. The van der Waals surface area contributed by atoms with Crippen LogP contribution in [0, 0.1) is 5.92 Å². The summed E-state index contributed by atoms with van der Waals surface area (Å²) in [5, 5.41) is 2.76. The average Bonchev–Trinajstić information content (AvgIpc) is 2.48. The summed E-state index contributed by atoms with van der Waals surface area (Å²) in [4.78, 5) is 14.3. The van der Waals surface area contributed by atoms with Crippen LogP contribution in [0.25, 0.3) is 0 Å². The highest BCUT2D eigenvalue weighted by molar-refractivity contribution is 5.85. The number of ether oxygens (including phenoxy) is 2. The van der Waals surface area contributed by atoms with Crippen LogP contribution >= 0.6 is 0 Å². The number of anilines is 1. The summed E-state index contributed by atoms with van der Waals surface area (Å²) in [5.41, 5.74) is 0.690.